The summed E-state index contributed by atoms with van der Waals surface area (Å²) in [7, 11) is -2.19. The zero-order chi connectivity index (χ0) is 20.0. The number of morpholine rings is 1. The highest BCUT2D eigenvalue weighted by Crippen LogP contribution is 2.20. The number of ether oxygens (including phenoxy) is 3. The molecule has 1 saturated heterocycles. The molecule has 3 rings (SSSR count). The average Bonchev–Trinajstić information content (AvgIpc) is 3.23. The molecule has 9 nitrogen and oxygen atoms in total. The second kappa shape index (κ2) is 9.09. The van der Waals surface area contributed by atoms with Gasteiger partial charge in [0.15, 0.2) is 5.76 Å². The normalized spacial score (nSPS) is 15.2. The van der Waals surface area contributed by atoms with Crippen molar-refractivity contribution in [2.45, 2.75) is 5.09 Å². The molecule has 0 radical (unpaired) electrons. The summed E-state index contributed by atoms with van der Waals surface area (Å²) in [5, 5.41) is 2.37. The van der Waals surface area contributed by atoms with Gasteiger partial charge in [0.2, 0.25) is 5.09 Å². The molecule has 0 atom stereocenters. The minimum Gasteiger partial charge on any atom is -0.497 e. The van der Waals surface area contributed by atoms with Gasteiger partial charge in [-0.3, -0.25) is 4.79 Å². The molecule has 28 heavy (non-hydrogen) atoms. The number of sulfonamides is 1. The summed E-state index contributed by atoms with van der Waals surface area (Å²) in [4.78, 5) is 12.2. The van der Waals surface area contributed by atoms with Gasteiger partial charge in [-0.2, -0.15) is 4.31 Å². The van der Waals surface area contributed by atoms with E-state index in [4.69, 9.17) is 18.6 Å². The number of methoxy groups -OCH3 is 1. The summed E-state index contributed by atoms with van der Waals surface area (Å²) in [5.74, 6) is 0.784. The van der Waals surface area contributed by atoms with Gasteiger partial charge in [-0.15, -0.1) is 0 Å². The van der Waals surface area contributed by atoms with Crippen LogP contribution in [0.2, 0.25) is 0 Å². The quantitative estimate of drug-likeness (QED) is 0.650. The summed E-state index contributed by atoms with van der Waals surface area (Å²) >= 11 is 0. The Morgan fingerprint density at radius 2 is 1.79 bits per heavy atom. The van der Waals surface area contributed by atoms with Crippen molar-refractivity contribution in [3.8, 4) is 11.5 Å². The third-order valence-corrected chi connectivity index (χ3v) is 5.86. The van der Waals surface area contributed by atoms with E-state index >= 15 is 0 Å². The van der Waals surface area contributed by atoms with Gasteiger partial charge in [0.05, 0.1) is 26.9 Å². The molecule has 0 unspecified atom stereocenters. The van der Waals surface area contributed by atoms with E-state index in [1.807, 2.05) is 0 Å². The number of carbonyl (C=O) groups excluding carboxylic acids is 1. The molecule has 0 bridgehead atoms. The second-order valence-electron chi connectivity index (χ2n) is 5.92. The highest BCUT2D eigenvalue weighted by molar-refractivity contribution is 7.89. The maximum Gasteiger partial charge on any atom is 0.287 e. The molecule has 0 saturated carbocycles. The number of nitrogens with one attached hydrogen (secondary N) is 1. The highest BCUT2D eigenvalue weighted by Gasteiger charge is 2.29. The van der Waals surface area contributed by atoms with Crippen LogP contribution in [0.5, 0.6) is 11.5 Å². The van der Waals surface area contributed by atoms with Gasteiger partial charge >= 0.3 is 0 Å². The van der Waals surface area contributed by atoms with Crippen molar-refractivity contribution in [1.82, 2.24) is 9.62 Å². The number of rotatable bonds is 8. The number of amides is 1. The number of hydrogen-bond donors (Lipinski definition) is 1. The van der Waals surface area contributed by atoms with Gasteiger partial charge in [0.25, 0.3) is 15.9 Å². The van der Waals surface area contributed by atoms with Crippen LogP contribution in [0, 0.1) is 0 Å². The Kier molecular flexibility index (Phi) is 6.55. The summed E-state index contributed by atoms with van der Waals surface area (Å²) in [6.07, 6.45) is 0. The lowest BCUT2D eigenvalue weighted by Crippen LogP contribution is -2.40. The van der Waals surface area contributed by atoms with Crippen molar-refractivity contribution >= 4 is 15.9 Å². The lowest BCUT2D eigenvalue weighted by Gasteiger charge is -2.24. The van der Waals surface area contributed by atoms with E-state index in [0.29, 0.717) is 19.0 Å². The molecule has 1 aromatic heterocycles. The van der Waals surface area contributed by atoms with Gasteiger partial charge in [0.1, 0.15) is 18.1 Å². The summed E-state index contributed by atoms with van der Waals surface area (Å²) in [6, 6.07) is 9.69. The minimum absolute atomic E-state index is 0.0729. The van der Waals surface area contributed by atoms with Gasteiger partial charge in [-0.05, 0) is 36.4 Å². The lowest BCUT2D eigenvalue weighted by atomic mass is 10.3. The van der Waals surface area contributed by atoms with Gasteiger partial charge in [0, 0.05) is 13.1 Å². The molecular weight excluding hydrogens is 388 g/mol. The fourth-order valence-electron chi connectivity index (χ4n) is 2.59. The van der Waals surface area contributed by atoms with Crippen LogP contribution in [-0.4, -0.2) is 65.2 Å². The molecule has 10 heteroatoms. The van der Waals surface area contributed by atoms with Crippen LogP contribution in [0.15, 0.2) is 45.9 Å². The summed E-state index contributed by atoms with van der Waals surface area (Å²) in [6.45, 7) is 1.66. The molecule has 2 aromatic rings. The summed E-state index contributed by atoms with van der Waals surface area (Å²) in [5.41, 5.74) is 0. The van der Waals surface area contributed by atoms with Crippen LogP contribution >= 0.6 is 0 Å². The SMILES string of the molecule is COc1ccc(OCCNC(=O)c2ccc(S(=O)(=O)N3CCOCC3)o2)cc1. The predicted molar refractivity (Wildman–Crippen MR) is 99.1 cm³/mol. The molecule has 1 fully saturated rings. The third-order valence-electron chi connectivity index (χ3n) is 4.09. The Morgan fingerprint density at radius 1 is 1.11 bits per heavy atom. The van der Waals surface area contributed by atoms with E-state index in [0.717, 1.165) is 5.75 Å². The fraction of sp³-hybridized carbons (Fsp3) is 0.389. The number of nitrogens with zero attached hydrogens (tertiary/aromatic N) is 1. The Labute approximate surface area is 163 Å². The van der Waals surface area contributed by atoms with E-state index in [9.17, 15) is 13.2 Å². The number of furan rings is 1. The van der Waals surface area contributed by atoms with Gasteiger partial charge < -0.3 is 23.9 Å². The zero-order valence-electron chi connectivity index (χ0n) is 15.4. The molecule has 1 aliphatic heterocycles. The van der Waals surface area contributed by atoms with E-state index in [2.05, 4.69) is 5.32 Å². The maximum absolute atomic E-state index is 12.5. The van der Waals surface area contributed by atoms with Crippen LogP contribution in [-0.2, 0) is 14.8 Å². The first kappa shape index (κ1) is 20.2. The lowest BCUT2D eigenvalue weighted by molar-refractivity contribution is 0.0722. The van der Waals surface area contributed by atoms with Crippen molar-refractivity contribution in [1.29, 1.82) is 0 Å². The Balaban J connectivity index is 1.49. The van der Waals surface area contributed by atoms with E-state index in [1.54, 1.807) is 31.4 Å². The molecule has 1 amide bonds. The summed E-state index contributed by atoms with van der Waals surface area (Å²) < 4.78 is 47.3. The molecular formula is C18H22N2O7S. The second-order valence-corrected chi connectivity index (χ2v) is 7.78. The van der Waals surface area contributed by atoms with Crippen molar-refractivity contribution in [2.24, 2.45) is 0 Å². The van der Waals surface area contributed by atoms with Crippen LogP contribution < -0.4 is 14.8 Å². The Hall–Kier alpha value is -2.56. The molecule has 1 N–H and O–H groups in total. The number of carbonyl (C=O) groups is 1. The smallest absolute Gasteiger partial charge is 0.287 e. The molecule has 0 aliphatic carbocycles. The van der Waals surface area contributed by atoms with Crippen molar-refractivity contribution in [2.75, 3.05) is 46.6 Å². The van der Waals surface area contributed by atoms with E-state index in [-0.39, 0.29) is 37.1 Å². The Morgan fingerprint density at radius 3 is 2.46 bits per heavy atom. The van der Waals surface area contributed by atoms with Crippen LogP contribution in [0.4, 0.5) is 0 Å². The topological polar surface area (TPSA) is 107 Å². The van der Waals surface area contributed by atoms with Crippen molar-refractivity contribution in [3.63, 3.8) is 0 Å². The molecule has 0 spiro atoms. The molecule has 1 aromatic carbocycles. The fourth-order valence-corrected chi connectivity index (χ4v) is 3.91. The molecule has 152 valence electrons. The number of benzene rings is 1. The third kappa shape index (κ3) is 4.83. The minimum atomic E-state index is -3.77. The average molecular weight is 410 g/mol. The highest BCUT2D eigenvalue weighted by atomic mass is 32.2. The van der Waals surface area contributed by atoms with E-state index in [1.165, 1.54) is 16.4 Å². The van der Waals surface area contributed by atoms with Crippen molar-refractivity contribution < 1.29 is 31.8 Å². The van der Waals surface area contributed by atoms with Crippen molar-refractivity contribution in [3.05, 3.63) is 42.2 Å². The molecule has 1 aliphatic rings. The number of hydrogen-bond acceptors (Lipinski definition) is 7. The monoisotopic (exact) mass is 410 g/mol. The predicted octanol–water partition coefficient (Wildman–Crippen LogP) is 1.12. The van der Waals surface area contributed by atoms with Gasteiger partial charge in [-0.25, -0.2) is 8.42 Å². The first-order valence-corrected chi connectivity index (χ1v) is 10.2. The van der Waals surface area contributed by atoms with Crippen LogP contribution in [0.3, 0.4) is 0 Å². The first-order chi connectivity index (χ1) is 13.5. The largest absolute Gasteiger partial charge is 0.497 e. The van der Waals surface area contributed by atoms with Gasteiger partial charge in [-0.1, -0.05) is 0 Å². The first-order valence-electron chi connectivity index (χ1n) is 8.73. The molecule has 2 heterocycles. The maximum atomic E-state index is 12.5. The van der Waals surface area contributed by atoms with Crippen LogP contribution in [0.1, 0.15) is 10.6 Å². The standard InChI is InChI=1S/C18H22N2O7S/c1-24-14-2-4-15(5-3-14)26-11-8-19-18(21)16-6-7-17(27-16)28(22,23)20-9-12-25-13-10-20/h2-7H,8-13H2,1H3,(H,19,21). The Bertz CT molecular complexity index is 887. The van der Waals surface area contributed by atoms with E-state index < -0.39 is 15.9 Å². The van der Waals surface area contributed by atoms with Crippen LogP contribution in [0.25, 0.3) is 0 Å². The zero-order valence-corrected chi connectivity index (χ0v) is 16.2.